The van der Waals surface area contributed by atoms with E-state index in [1.54, 1.807) is 19.0 Å². The molecule has 9 heteroatoms. The summed E-state index contributed by atoms with van der Waals surface area (Å²) in [5.41, 5.74) is 2.00. The summed E-state index contributed by atoms with van der Waals surface area (Å²) in [6.07, 6.45) is 1.29. The van der Waals surface area contributed by atoms with Crippen LogP contribution in [0.3, 0.4) is 0 Å². The number of aliphatic imine (C=N–C) groups is 1. The van der Waals surface area contributed by atoms with E-state index < -0.39 is 18.2 Å². The molecule has 0 spiro atoms. The lowest BCUT2D eigenvalue weighted by Crippen LogP contribution is -2.64. The first-order valence-corrected chi connectivity index (χ1v) is 10.2. The molecule has 9 nitrogen and oxygen atoms in total. The van der Waals surface area contributed by atoms with Crippen molar-refractivity contribution < 1.29 is 19.5 Å². The maximum absolute atomic E-state index is 13.2. The fourth-order valence-corrected chi connectivity index (χ4v) is 4.45. The van der Waals surface area contributed by atoms with E-state index in [-0.39, 0.29) is 30.4 Å². The number of rotatable bonds is 4. The maximum atomic E-state index is 13.2. The SMILES string of the molecule is Cc1ccc(CN2C(=O)C3C(N=C(N[C@@H]4CCC(C(=O)O)C4)N3C)N(C)C2=O)cc1. The quantitative estimate of drug-likeness (QED) is 0.769. The van der Waals surface area contributed by atoms with Gasteiger partial charge < -0.3 is 20.2 Å². The molecular weight excluding hydrogens is 386 g/mol. The molecule has 3 amide bonds. The number of nitrogens with one attached hydrogen (secondary N) is 1. The highest BCUT2D eigenvalue weighted by Gasteiger charge is 2.51. The van der Waals surface area contributed by atoms with Crippen molar-refractivity contribution in [3.8, 4) is 0 Å². The van der Waals surface area contributed by atoms with Crippen LogP contribution in [0.5, 0.6) is 0 Å². The van der Waals surface area contributed by atoms with Gasteiger partial charge in [-0.25, -0.2) is 9.79 Å². The molecule has 160 valence electrons. The number of nitrogens with zero attached hydrogens (tertiary/aromatic N) is 4. The highest BCUT2D eigenvalue weighted by molar-refractivity contribution is 6.03. The minimum atomic E-state index is -0.776. The molecule has 4 atom stereocenters. The summed E-state index contributed by atoms with van der Waals surface area (Å²) in [4.78, 5) is 46.5. The predicted molar refractivity (Wildman–Crippen MR) is 110 cm³/mol. The molecular formula is C21H27N5O4. The number of hydrogen-bond donors (Lipinski definition) is 2. The van der Waals surface area contributed by atoms with E-state index in [9.17, 15) is 19.5 Å². The molecule has 1 aromatic carbocycles. The highest BCUT2D eigenvalue weighted by atomic mass is 16.4. The van der Waals surface area contributed by atoms with Crippen LogP contribution in [-0.2, 0) is 16.1 Å². The van der Waals surface area contributed by atoms with Crippen molar-refractivity contribution in [1.82, 2.24) is 20.0 Å². The number of hydrogen-bond acceptors (Lipinski definition) is 6. The Balaban J connectivity index is 1.49. The van der Waals surface area contributed by atoms with Crippen molar-refractivity contribution in [1.29, 1.82) is 0 Å². The van der Waals surface area contributed by atoms with Crippen LogP contribution < -0.4 is 5.32 Å². The number of urea groups is 1. The highest BCUT2D eigenvalue weighted by Crippen LogP contribution is 2.30. The zero-order valence-corrected chi connectivity index (χ0v) is 17.4. The summed E-state index contributed by atoms with van der Waals surface area (Å²) in [6, 6.07) is 6.78. The lowest BCUT2D eigenvalue weighted by Gasteiger charge is -2.40. The Kier molecular flexibility index (Phi) is 5.13. The second kappa shape index (κ2) is 7.62. The Labute approximate surface area is 175 Å². The van der Waals surface area contributed by atoms with Crippen molar-refractivity contribution in [2.75, 3.05) is 14.1 Å². The van der Waals surface area contributed by atoms with E-state index in [0.717, 1.165) is 17.5 Å². The average molecular weight is 413 g/mol. The number of benzene rings is 1. The Morgan fingerprint density at radius 2 is 1.87 bits per heavy atom. The molecule has 1 saturated carbocycles. The summed E-state index contributed by atoms with van der Waals surface area (Å²) < 4.78 is 0. The molecule has 0 radical (unpaired) electrons. The van der Waals surface area contributed by atoms with Crippen molar-refractivity contribution in [2.24, 2.45) is 10.9 Å². The average Bonchev–Trinajstić information content (AvgIpc) is 3.31. The first-order chi connectivity index (χ1) is 14.3. The molecule has 4 rings (SSSR count). The first kappa shape index (κ1) is 20.2. The molecule has 3 aliphatic rings. The minimum Gasteiger partial charge on any atom is -0.481 e. The van der Waals surface area contributed by atoms with Crippen LogP contribution in [0.4, 0.5) is 4.79 Å². The molecule has 2 fully saturated rings. The molecule has 30 heavy (non-hydrogen) atoms. The van der Waals surface area contributed by atoms with Gasteiger partial charge in [-0.2, -0.15) is 0 Å². The van der Waals surface area contributed by atoms with Crippen molar-refractivity contribution in [3.63, 3.8) is 0 Å². The Bertz CT molecular complexity index is 899. The minimum absolute atomic E-state index is 0.00720. The summed E-state index contributed by atoms with van der Waals surface area (Å²) in [6.45, 7) is 2.20. The standard InChI is InChI=1S/C21H27N5O4/c1-12-4-6-13(7-5-12)11-26-18(27)16-17(25(3)21(26)30)23-20(24(16)2)22-15-9-8-14(10-15)19(28)29/h4-7,14-17H,8-11H2,1-3H3,(H,22,23)(H,28,29)/t14?,15-,16?,17?/m1/s1. The number of aliphatic carboxylic acids is 1. The van der Waals surface area contributed by atoms with E-state index in [0.29, 0.717) is 18.8 Å². The van der Waals surface area contributed by atoms with Crippen LogP contribution in [0.15, 0.2) is 29.3 Å². The largest absolute Gasteiger partial charge is 0.481 e. The van der Waals surface area contributed by atoms with Gasteiger partial charge in [0.1, 0.15) is 0 Å². The summed E-state index contributed by atoms with van der Waals surface area (Å²) in [5.74, 6) is -0.873. The smallest absolute Gasteiger partial charge is 0.328 e. The zero-order valence-electron chi connectivity index (χ0n) is 17.4. The molecule has 1 saturated heterocycles. The third-order valence-corrected chi connectivity index (χ3v) is 6.31. The van der Waals surface area contributed by atoms with Crippen LogP contribution in [0.2, 0.25) is 0 Å². The lowest BCUT2D eigenvalue weighted by molar-refractivity contribution is -0.141. The Hall–Kier alpha value is -3.10. The Morgan fingerprint density at radius 1 is 1.17 bits per heavy atom. The molecule has 0 aromatic heterocycles. The van der Waals surface area contributed by atoms with Crippen LogP contribution in [0.25, 0.3) is 0 Å². The topological polar surface area (TPSA) is 106 Å². The van der Waals surface area contributed by atoms with Crippen LogP contribution in [0, 0.1) is 12.8 Å². The van der Waals surface area contributed by atoms with Gasteiger partial charge in [0.15, 0.2) is 18.2 Å². The molecule has 2 heterocycles. The zero-order chi connectivity index (χ0) is 21.6. The van der Waals surface area contributed by atoms with Crippen LogP contribution in [0.1, 0.15) is 30.4 Å². The van der Waals surface area contributed by atoms with E-state index in [1.165, 1.54) is 9.80 Å². The molecule has 0 bridgehead atoms. The van der Waals surface area contributed by atoms with Crippen molar-refractivity contribution in [3.05, 3.63) is 35.4 Å². The van der Waals surface area contributed by atoms with E-state index in [4.69, 9.17) is 0 Å². The number of imide groups is 1. The van der Waals surface area contributed by atoms with Crippen LogP contribution >= 0.6 is 0 Å². The normalized spacial score (nSPS) is 28.6. The van der Waals surface area contributed by atoms with Gasteiger partial charge in [0.05, 0.1) is 12.5 Å². The van der Waals surface area contributed by atoms with Gasteiger partial charge in [-0.05, 0) is 31.7 Å². The van der Waals surface area contributed by atoms with Gasteiger partial charge in [0, 0.05) is 20.1 Å². The molecule has 3 unspecified atom stereocenters. The second-order valence-electron chi connectivity index (χ2n) is 8.41. The van der Waals surface area contributed by atoms with Gasteiger partial charge in [-0.3, -0.25) is 14.5 Å². The van der Waals surface area contributed by atoms with E-state index >= 15 is 0 Å². The predicted octanol–water partition coefficient (Wildman–Crippen LogP) is 1.23. The fourth-order valence-electron chi connectivity index (χ4n) is 4.45. The summed E-state index contributed by atoms with van der Waals surface area (Å²) in [5, 5.41) is 12.5. The maximum Gasteiger partial charge on any atom is 0.328 e. The molecule has 1 aliphatic carbocycles. The van der Waals surface area contributed by atoms with Crippen molar-refractivity contribution in [2.45, 2.75) is 51.0 Å². The molecule has 2 N–H and O–H groups in total. The number of aryl methyl sites for hydroxylation is 1. The monoisotopic (exact) mass is 413 g/mol. The third-order valence-electron chi connectivity index (χ3n) is 6.31. The molecule has 2 aliphatic heterocycles. The number of carboxylic acid groups (broad SMARTS) is 1. The summed E-state index contributed by atoms with van der Waals surface area (Å²) in [7, 11) is 3.44. The van der Waals surface area contributed by atoms with E-state index in [1.807, 2.05) is 31.2 Å². The fraction of sp³-hybridized carbons (Fsp3) is 0.524. The van der Waals surface area contributed by atoms with Gasteiger partial charge in [-0.1, -0.05) is 29.8 Å². The van der Waals surface area contributed by atoms with Gasteiger partial charge >= 0.3 is 12.0 Å². The number of carbonyl (C=O) groups is 3. The lowest BCUT2D eigenvalue weighted by atomic mass is 10.1. The third kappa shape index (κ3) is 3.48. The number of likely N-dealkylation sites (N-methyl/N-ethyl adjacent to an activating group) is 2. The molecule has 1 aromatic rings. The number of guanidine groups is 1. The van der Waals surface area contributed by atoms with Gasteiger partial charge in [0.25, 0.3) is 5.91 Å². The van der Waals surface area contributed by atoms with Crippen molar-refractivity contribution >= 4 is 23.9 Å². The van der Waals surface area contributed by atoms with Gasteiger partial charge in [0.2, 0.25) is 0 Å². The summed E-state index contributed by atoms with van der Waals surface area (Å²) >= 11 is 0. The Morgan fingerprint density at radius 3 is 2.50 bits per heavy atom. The van der Waals surface area contributed by atoms with Gasteiger partial charge in [-0.15, -0.1) is 0 Å². The number of carbonyl (C=O) groups excluding carboxylic acids is 2. The second-order valence-corrected chi connectivity index (χ2v) is 8.41. The number of carboxylic acids is 1. The van der Waals surface area contributed by atoms with Crippen LogP contribution in [-0.4, -0.2) is 76.0 Å². The van der Waals surface area contributed by atoms with E-state index in [2.05, 4.69) is 10.3 Å². The number of amides is 3. The first-order valence-electron chi connectivity index (χ1n) is 10.2. The number of fused-ring (bicyclic) bond motifs is 1.